The molecule has 0 heterocycles. The van der Waals surface area contributed by atoms with Crippen LogP contribution in [0.5, 0.6) is 5.75 Å². The van der Waals surface area contributed by atoms with Gasteiger partial charge in [0, 0.05) is 11.1 Å². The first-order valence-electron chi connectivity index (χ1n) is 7.29. The number of halogens is 1. The van der Waals surface area contributed by atoms with Gasteiger partial charge in [0.15, 0.2) is 0 Å². The second kappa shape index (κ2) is 8.06. The zero-order valence-corrected chi connectivity index (χ0v) is 13.4. The molecule has 2 nitrogen and oxygen atoms in total. The summed E-state index contributed by atoms with van der Waals surface area (Å²) in [5.74, 6) is 0.956. The lowest BCUT2D eigenvalue weighted by atomic mass is 10.1. The van der Waals surface area contributed by atoms with Crippen LogP contribution in [-0.4, -0.2) is 19.7 Å². The van der Waals surface area contributed by atoms with E-state index in [1.807, 2.05) is 36.4 Å². The van der Waals surface area contributed by atoms with Crippen LogP contribution in [0.3, 0.4) is 0 Å². The maximum atomic E-state index is 6.16. The van der Waals surface area contributed by atoms with Crippen LogP contribution in [0.25, 0.3) is 0 Å². The van der Waals surface area contributed by atoms with E-state index in [4.69, 9.17) is 16.3 Å². The molecule has 1 unspecified atom stereocenters. The van der Waals surface area contributed by atoms with Crippen LogP contribution < -0.4 is 10.1 Å². The van der Waals surface area contributed by atoms with Crippen LogP contribution in [0.2, 0.25) is 5.02 Å². The Hall–Kier alpha value is -1.51. The average Bonchev–Trinajstić information content (AvgIpc) is 2.50. The molecule has 0 spiro atoms. The van der Waals surface area contributed by atoms with Crippen molar-refractivity contribution in [1.29, 1.82) is 0 Å². The molecule has 1 N–H and O–H groups in total. The van der Waals surface area contributed by atoms with E-state index in [0.717, 1.165) is 30.2 Å². The molecule has 0 aliphatic heterocycles. The molecule has 112 valence electrons. The Kier molecular flexibility index (Phi) is 6.09. The van der Waals surface area contributed by atoms with Crippen molar-refractivity contribution in [3.05, 3.63) is 64.7 Å². The predicted octanol–water partition coefficient (Wildman–Crippen LogP) is 4.11. The van der Waals surface area contributed by atoms with Crippen molar-refractivity contribution in [3.8, 4) is 5.75 Å². The minimum absolute atomic E-state index is 0.392. The summed E-state index contributed by atoms with van der Waals surface area (Å²) in [5.41, 5.74) is 2.42. The quantitative estimate of drug-likeness (QED) is 0.831. The number of hydrogen-bond acceptors (Lipinski definition) is 2. The topological polar surface area (TPSA) is 21.3 Å². The molecule has 0 amide bonds. The van der Waals surface area contributed by atoms with Crippen molar-refractivity contribution in [2.24, 2.45) is 0 Å². The standard InChI is InChI=1S/C18H22ClNO/c1-14(13-16-8-4-6-10-18(16)21-2)20-12-11-15-7-3-5-9-17(15)19/h3-10,14,20H,11-13H2,1-2H3. The molecule has 2 rings (SSSR count). The maximum absolute atomic E-state index is 6.16. The molecule has 2 aromatic rings. The third-order valence-corrected chi connectivity index (χ3v) is 3.93. The fourth-order valence-corrected chi connectivity index (χ4v) is 2.66. The summed E-state index contributed by atoms with van der Waals surface area (Å²) in [6, 6.07) is 16.6. The monoisotopic (exact) mass is 303 g/mol. The number of rotatable bonds is 7. The summed E-state index contributed by atoms with van der Waals surface area (Å²) < 4.78 is 5.39. The second-order valence-corrected chi connectivity index (χ2v) is 5.62. The molecule has 0 aromatic heterocycles. The first-order valence-corrected chi connectivity index (χ1v) is 7.67. The third kappa shape index (κ3) is 4.76. The van der Waals surface area contributed by atoms with Crippen LogP contribution in [-0.2, 0) is 12.8 Å². The normalized spacial score (nSPS) is 12.1. The SMILES string of the molecule is COc1ccccc1CC(C)NCCc1ccccc1Cl. The number of benzene rings is 2. The van der Waals surface area contributed by atoms with Gasteiger partial charge in [-0.05, 0) is 49.6 Å². The molecule has 0 saturated carbocycles. The predicted molar refractivity (Wildman–Crippen MR) is 89.3 cm³/mol. The highest BCUT2D eigenvalue weighted by molar-refractivity contribution is 6.31. The molecule has 0 radical (unpaired) electrons. The molecule has 0 fully saturated rings. The zero-order chi connectivity index (χ0) is 15.1. The second-order valence-electron chi connectivity index (χ2n) is 5.21. The van der Waals surface area contributed by atoms with Crippen molar-refractivity contribution >= 4 is 11.6 Å². The number of ether oxygens (including phenoxy) is 1. The molecule has 1 atom stereocenters. The van der Waals surface area contributed by atoms with Crippen molar-refractivity contribution in [1.82, 2.24) is 5.32 Å². The summed E-state index contributed by atoms with van der Waals surface area (Å²) in [6.07, 6.45) is 1.89. The van der Waals surface area contributed by atoms with Gasteiger partial charge in [0.2, 0.25) is 0 Å². The van der Waals surface area contributed by atoms with Gasteiger partial charge in [-0.25, -0.2) is 0 Å². The van der Waals surface area contributed by atoms with E-state index in [-0.39, 0.29) is 0 Å². The van der Waals surface area contributed by atoms with Gasteiger partial charge in [-0.3, -0.25) is 0 Å². The highest BCUT2D eigenvalue weighted by Crippen LogP contribution is 2.19. The van der Waals surface area contributed by atoms with Crippen LogP contribution >= 0.6 is 11.6 Å². The number of methoxy groups -OCH3 is 1. The molecule has 0 bridgehead atoms. The zero-order valence-electron chi connectivity index (χ0n) is 12.6. The minimum Gasteiger partial charge on any atom is -0.496 e. The first kappa shape index (κ1) is 15.9. The van der Waals surface area contributed by atoms with Crippen molar-refractivity contribution in [2.75, 3.05) is 13.7 Å². The average molecular weight is 304 g/mol. The van der Waals surface area contributed by atoms with Crippen molar-refractivity contribution in [2.45, 2.75) is 25.8 Å². The molecule has 0 aliphatic rings. The molecule has 21 heavy (non-hydrogen) atoms. The van der Waals surface area contributed by atoms with Crippen LogP contribution in [0, 0.1) is 0 Å². The molecule has 2 aromatic carbocycles. The van der Waals surface area contributed by atoms with Gasteiger partial charge in [0.1, 0.15) is 5.75 Å². The van der Waals surface area contributed by atoms with E-state index in [9.17, 15) is 0 Å². The Bertz CT molecular complexity index is 571. The maximum Gasteiger partial charge on any atom is 0.122 e. The van der Waals surface area contributed by atoms with Gasteiger partial charge in [0.25, 0.3) is 0 Å². The summed E-state index contributed by atoms with van der Waals surface area (Å²) in [5, 5.41) is 4.39. The lowest BCUT2D eigenvalue weighted by molar-refractivity contribution is 0.406. The van der Waals surface area contributed by atoms with E-state index in [1.165, 1.54) is 11.1 Å². The van der Waals surface area contributed by atoms with E-state index in [1.54, 1.807) is 7.11 Å². The number of para-hydroxylation sites is 1. The highest BCUT2D eigenvalue weighted by Gasteiger charge is 2.07. The van der Waals surface area contributed by atoms with Crippen LogP contribution in [0.4, 0.5) is 0 Å². The molecule has 0 aliphatic carbocycles. The fraction of sp³-hybridized carbons (Fsp3) is 0.333. The lowest BCUT2D eigenvalue weighted by Crippen LogP contribution is -2.30. The Morgan fingerprint density at radius 1 is 1.05 bits per heavy atom. The Labute approximate surface area is 132 Å². The Morgan fingerprint density at radius 2 is 1.71 bits per heavy atom. The summed E-state index contributed by atoms with van der Waals surface area (Å²) >= 11 is 6.16. The summed E-state index contributed by atoms with van der Waals surface area (Å²) in [7, 11) is 1.72. The largest absolute Gasteiger partial charge is 0.496 e. The molecular weight excluding hydrogens is 282 g/mol. The van der Waals surface area contributed by atoms with Crippen molar-refractivity contribution < 1.29 is 4.74 Å². The van der Waals surface area contributed by atoms with Gasteiger partial charge in [-0.1, -0.05) is 48.0 Å². The smallest absolute Gasteiger partial charge is 0.122 e. The van der Waals surface area contributed by atoms with Gasteiger partial charge in [-0.2, -0.15) is 0 Å². The number of nitrogens with one attached hydrogen (secondary N) is 1. The molecule has 0 saturated heterocycles. The van der Waals surface area contributed by atoms with Crippen LogP contribution in [0.1, 0.15) is 18.1 Å². The fourth-order valence-electron chi connectivity index (χ4n) is 2.43. The van der Waals surface area contributed by atoms with Gasteiger partial charge < -0.3 is 10.1 Å². The third-order valence-electron chi connectivity index (χ3n) is 3.56. The van der Waals surface area contributed by atoms with E-state index in [0.29, 0.717) is 6.04 Å². The Morgan fingerprint density at radius 3 is 2.43 bits per heavy atom. The van der Waals surface area contributed by atoms with E-state index in [2.05, 4.69) is 24.4 Å². The first-order chi connectivity index (χ1) is 10.2. The van der Waals surface area contributed by atoms with Gasteiger partial charge in [-0.15, -0.1) is 0 Å². The summed E-state index contributed by atoms with van der Waals surface area (Å²) in [6.45, 7) is 3.11. The van der Waals surface area contributed by atoms with Gasteiger partial charge in [0.05, 0.1) is 7.11 Å². The van der Waals surface area contributed by atoms with Crippen LogP contribution in [0.15, 0.2) is 48.5 Å². The molecular formula is C18H22ClNO. The van der Waals surface area contributed by atoms with Gasteiger partial charge >= 0.3 is 0 Å². The Balaban J connectivity index is 1.82. The van der Waals surface area contributed by atoms with E-state index < -0.39 is 0 Å². The number of hydrogen-bond donors (Lipinski definition) is 1. The minimum atomic E-state index is 0.392. The molecule has 3 heteroatoms. The van der Waals surface area contributed by atoms with Crippen molar-refractivity contribution in [3.63, 3.8) is 0 Å². The highest BCUT2D eigenvalue weighted by atomic mass is 35.5. The summed E-state index contributed by atoms with van der Waals surface area (Å²) in [4.78, 5) is 0. The van der Waals surface area contributed by atoms with E-state index >= 15 is 0 Å². The lowest BCUT2D eigenvalue weighted by Gasteiger charge is -2.16.